The van der Waals surface area contributed by atoms with Gasteiger partial charge < -0.3 is 5.11 Å². The van der Waals surface area contributed by atoms with E-state index in [0.717, 1.165) is 11.1 Å². The van der Waals surface area contributed by atoms with Crippen molar-refractivity contribution in [3.8, 4) is 11.1 Å². The lowest BCUT2D eigenvalue weighted by molar-refractivity contribution is 0.0697. The Morgan fingerprint density at radius 1 is 1.00 bits per heavy atom. The van der Waals surface area contributed by atoms with Crippen molar-refractivity contribution >= 4 is 17.6 Å². The molecule has 2 aromatic rings. The molecule has 0 aliphatic heterocycles. The van der Waals surface area contributed by atoms with Gasteiger partial charge >= 0.3 is 5.97 Å². The molecule has 0 bridgehead atoms. The predicted molar refractivity (Wildman–Crippen MR) is 73.3 cm³/mol. The van der Waals surface area contributed by atoms with Gasteiger partial charge in [-0.15, -0.1) is 0 Å². The van der Waals surface area contributed by atoms with Gasteiger partial charge in [0, 0.05) is 0 Å². The van der Waals surface area contributed by atoms with Crippen LogP contribution in [0.5, 0.6) is 0 Å². The van der Waals surface area contributed by atoms with Crippen LogP contribution in [0.25, 0.3) is 11.1 Å². The average Bonchev–Trinajstić information content (AvgIpc) is 2.26. The van der Waals surface area contributed by atoms with Gasteiger partial charge in [0.25, 0.3) is 0 Å². The van der Waals surface area contributed by atoms with E-state index in [-0.39, 0.29) is 10.6 Å². The summed E-state index contributed by atoms with van der Waals surface area (Å²) in [5.41, 5.74) is 4.44. The van der Waals surface area contributed by atoms with E-state index >= 15 is 0 Å². The monoisotopic (exact) mass is 260 g/mol. The van der Waals surface area contributed by atoms with E-state index in [9.17, 15) is 4.79 Å². The quantitative estimate of drug-likeness (QED) is 0.873. The number of rotatable bonds is 2. The Bertz CT molecular complexity index is 598. The molecular weight excluding hydrogens is 248 g/mol. The molecule has 0 aromatic heterocycles. The third-order valence-electron chi connectivity index (χ3n) is 2.75. The van der Waals surface area contributed by atoms with Crippen molar-refractivity contribution in [2.75, 3.05) is 0 Å². The summed E-state index contributed by atoms with van der Waals surface area (Å²) in [4.78, 5) is 10.9. The van der Waals surface area contributed by atoms with E-state index < -0.39 is 5.97 Å². The Hall–Kier alpha value is -1.80. The Balaban J connectivity index is 2.52. The van der Waals surface area contributed by atoms with Crippen molar-refractivity contribution in [2.45, 2.75) is 13.8 Å². The molecule has 0 amide bonds. The van der Waals surface area contributed by atoms with Crippen LogP contribution in [0, 0.1) is 13.8 Å². The molecule has 92 valence electrons. The van der Waals surface area contributed by atoms with Gasteiger partial charge in [-0.2, -0.15) is 0 Å². The fourth-order valence-electron chi connectivity index (χ4n) is 2.01. The van der Waals surface area contributed by atoms with Crippen LogP contribution >= 0.6 is 11.6 Å². The second-order valence-electron chi connectivity index (χ2n) is 4.38. The number of halogens is 1. The molecule has 3 heteroatoms. The lowest BCUT2D eigenvalue weighted by atomic mass is 10.00. The highest BCUT2D eigenvalue weighted by atomic mass is 35.5. The molecule has 0 radical (unpaired) electrons. The van der Waals surface area contributed by atoms with Gasteiger partial charge in [0.1, 0.15) is 0 Å². The standard InChI is InChI=1S/C15H13ClO2/c1-9-5-10(2)7-12(6-9)11-3-4-13(15(17)18)14(16)8-11/h3-8H,1-2H3,(H,17,18). The molecule has 0 atom stereocenters. The van der Waals surface area contributed by atoms with E-state index in [2.05, 4.69) is 18.2 Å². The van der Waals surface area contributed by atoms with Crippen LogP contribution < -0.4 is 0 Å². The van der Waals surface area contributed by atoms with Crippen LogP contribution in [0.15, 0.2) is 36.4 Å². The Morgan fingerprint density at radius 3 is 2.11 bits per heavy atom. The second-order valence-corrected chi connectivity index (χ2v) is 4.78. The van der Waals surface area contributed by atoms with Gasteiger partial charge in [0.05, 0.1) is 10.6 Å². The van der Waals surface area contributed by atoms with Crippen LogP contribution in [-0.4, -0.2) is 11.1 Å². The molecule has 0 saturated carbocycles. The van der Waals surface area contributed by atoms with E-state index in [1.165, 1.54) is 17.2 Å². The SMILES string of the molecule is Cc1cc(C)cc(-c2ccc(C(=O)O)c(Cl)c2)c1. The summed E-state index contributed by atoms with van der Waals surface area (Å²) in [5, 5.41) is 9.19. The van der Waals surface area contributed by atoms with Crippen LogP contribution in [0.1, 0.15) is 21.5 Å². The van der Waals surface area contributed by atoms with Crippen LogP contribution in [-0.2, 0) is 0 Å². The van der Waals surface area contributed by atoms with E-state index in [0.29, 0.717) is 0 Å². The normalized spacial score (nSPS) is 10.4. The van der Waals surface area contributed by atoms with Crippen molar-refractivity contribution in [3.63, 3.8) is 0 Å². The molecule has 0 heterocycles. The average molecular weight is 261 g/mol. The van der Waals surface area contributed by atoms with E-state index in [1.54, 1.807) is 12.1 Å². The highest BCUT2D eigenvalue weighted by Gasteiger charge is 2.09. The molecule has 2 rings (SSSR count). The molecular formula is C15H13ClO2. The lowest BCUT2D eigenvalue weighted by Crippen LogP contribution is -1.97. The summed E-state index contributed by atoms with van der Waals surface area (Å²) in [7, 11) is 0. The first-order valence-electron chi connectivity index (χ1n) is 5.59. The predicted octanol–water partition coefficient (Wildman–Crippen LogP) is 4.32. The Morgan fingerprint density at radius 2 is 1.61 bits per heavy atom. The van der Waals surface area contributed by atoms with Crippen molar-refractivity contribution < 1.29 is 9.90 Å². The zero-order valence-electron chi connectivity index (χ0n) is 10.2. The zero-order valence-corrected chi connectivity index (χ0v) is 11.0. The largest absolute Gasteiger partial charge is 0.478 e. The van der Waals surface area contributed by atoms with Crippen molar-refractivity contribution in [1.29, 1.82) is 0 Å². The van der Waals surface area contributed by atoms with Crippen LogP contribution in [0.2, 0.25) is 5.02 Å². The number of hydrogen-bond donors (Lipinski definition) is 1. The molecule has 2 aromatic carbocycles. The zero-order chi connectivity index (χ0) is 13.3. The molecule has 0 saturated heterocycles. The molecule has 0 aliphatic rings. The number of aromatic carboxylic acids is 1. The number of benzene rings is 2. The third kappa shape index (κ3) is 2.54. The smallest absolute Gasteiger partial charge is 0.337 e. The van der Waals surface area contributed by atoms with Crippen molar-refractivity contribution in [1.82, 2.24) is 0 Å². The summed E-state index contributed by atoms with van der Waals surface area (Å²) >= 11 is 5.97. The molecule has 0 unspecified atom stereocenters. The summed E-state index contributed by atoms with van der Waals surface area (Å²) in [5.74, 6) is -1.01. The minimum absolute atomic E-state index is 0.129. The Labute approximate surface area is 111 Å². The number of carbonyl (C=O) groups is 1. The van der Waals surface area contributed by atoms with Crippen molar-refractivity contribution in [3.05, 3.63) is 58.1 Å². The van der Waals surface area contributed by atoms with Crippen molar-refractivity contribution in [2.24, 2.45) is 0 Å². The van der Waals surface area contributed by atoms with Gasteiger partial charge in [0.15, 0.2) is 0 Å². The number of aryl methyl sites for hydroxylation is 2. The number of hydrogen-bond acceptors (Lipinski definition) is 1. The maximum atomic E-state index is 10.9. The molecule has 0 spiro atoms. The van der Waals surface area contributed by atoms with Gasteiger partial charge in [-0.25, -0.2) is 4.79 Å². The van der Waals surface area contributed by atoms with Gasteiger partial charge in [-0.05, 0) is 37.1 Å². The molecule has 2 nitrogen and oxygen atoms in total. The fraction of sp³-hybridized carbons (Fsp3) is 0.133. The highest BCUT2D eigenvalue weighted by molar-refractivity contribution is 6.33. The maximum absolute atomic E-state index is 10.9. The first-order valence-corrected chi connectivity index (χ1v) is 5.96. The summed E-state index contributed by atoms with van der Waals surface area (Å²) < 4.78 is 0. The topological polar surface area (TPSA) is 37.3 Å². The summed E-state index contributed by atoms with van der Waals surface area (Å²) in [6.45, 7) is 4.06. The molecule has 18 heavy (non-hydrogen) atoms. The lowest BCUT2D eigenvalue weighted by Gasteiger charge is -2.07. The Kier molecular flexibility index (Phi) is 3.39. The van der Waals surface area contributed by atoms with E-state index in [1.807, 2.05) is 13.8 Å². The fourth-order valence-corrected chi connectivity index (χ4v) is 2.27. The maximum Gasteiger partial charge on any atom is 0.337 e. The van der Waals surface area contributed by atoms with E-state index in [4.69, 9.17) is 16.7 Å². The molecule has 0 aliphatic carbocycles. The van der Waals surface area contributed by atoms with Crippen LogP contribution in [0.3, 0.4) is 0 Å². The first kappa shape index (κ1) is 12.7. The minimum Gasteiger partial charge on any atom is -0.478 e. The van der Waals surface area contributed by atoms with Crippen LogP contribution in [0.4, 0.5) is 0 Å². The highest BCUT2D eigenvalue weighted by Crippen LogP contribution is 2.27. The van der Waals surface area contributed by atoms with Gasteiger partial charge in [-0.1, -0.05) is 47.0 Å². The van der Waals surface area contributed by atoms with Gasteiger partial charge in [0.2, 0.25) is 0 Å². The number of carboxylic acids is 1. The minimum atomic E-state index is -1.01. The summed E-state index contributed by atoms with van der Waals surface area (Å²) in [6.07, 6.45) is 0. The number of carboxylic acid groups (broad SMARTS) is 1. The summed E-state index contributed by atoms with van der Waals surface area (Å²) in [6, 6.07) is 11.2. The second kappa shape index (κ2) is 4.83. The molecule has 1 N–H and O–H groups in total. The van der Waals surface area contributed by atoms with Gasteiger partial charge in [-0.3, -0.25) is 0 Å². The first-order chi connectivity index (χ1) is 8.47. The molecule has 0 fully saturated rings. The third-order valence-corrected chi connectivity index (χ3v) is 3.07.